The van der Waals surface area contributed by atoms with Crippen molar-refractivity contribution < 1.29 is 19.5 Å². The van der Waals surface area contributed by atoms with E-state index in [0.717, 1.165) is 63.5 Å². The summed E-state index contributed by atoms with van der Waals surface area (Å²) >= 11 is 0. The molecule has 0 unspecified atom stereocenters. The maximum absolute atomic E-state index is 13.1. The van der Waals surface area contributed by atoms with E-state index in [9.17, 15) is 19.5 Å². The highest BCUT2D eigenvalue weighted by molar-refractivity contribution is 6.05. The van der Waals surface area contributed by atoms with Crippen molar-refractivity contribution in [3.05, 3.63) is 88.5 Å². The number of nitrogens with zero attached hydrogens (tertiary/aromatic N) is 4. The molecular formula is C41H49N5O4. The average Bonchev–Trinajstić information content (AvgIpc) is 3.46. The van der Waals surface area contributed by atoms with Crippen LogP contribution in [-0.2, 0) is 22.6 Å². The topological polar surface area (TPSA) is 96.4 Å². The average molecular weight is 676 g/mol. The van der Waals surface area contributed by atoms with Gasteiger partial charge in [-0.25, -0.2) is 0 Å². The number of hydrogen-bond acceptors (Lipinski definition) is 7. The molecule has 4 aliphatic heterocycles. The van der Waals surface area contributed by atoms with Crippen LogP contribution in [0.15, 0.2) is 60.7 Å². The van der Waals surface area contributed by atoms with Crippen LogP contribution < -0.4 is 15.1 Å². The Morgan fingerprint density at radius 2 is 1.50 bits per heavy atom. The number of amides is 3. The van der Waals surface area contributed by atoms with Crippen molar-refractivity contribution in [3.63, 3.8) is 0 Å². The maximum Gasteiger partial charge on any atom is 0.255 e. The molecule has 4 heterocycles. The summed E-state index contributed by atoms with van der Waals surface area (Å²) < 4.78 is 0. The first kappa shape index (κ1) is 32.8. The molecule has 5 aliphatic rings. The number of piperazine rings is 1. The van der Waals surface area contributed by atoms with Crippen LogP contribution in [0.4, 0.5) is 11.4 Å². The van der Waals surface area contributed by atoms with E-state index in [-0.39, 0.29) is 24.1 Å². The van der Waals surface area contributed by atoms with Gasteiger partial charge in [0.2, 0.25) is 11.8 Å². The van der Waals surface area contributed by atoms with Crippen molar-refractivity contribution in [1.29, 1.82) is 0 Å². The number of carbonyl (C=O) groups is 3. The lowest BCUT2D eigenvalue weighted by Gasteiger charge is -2.40. The van der Waals surface area contributed by atoms with Crippen LogP contribution in [0.1, 0.15) is 84.0 Å². The lowest BCUT2D eigenvalue weighted by molar-refractivity contribution is -0.136. The molecule has 262 valence electrons. The van der Waals surface area contributed by atoms with Crippen LogP contribution in [0.5, 0.6) is 5.75 Å². The zero-order valence-electron chi connectivity index (χ0n) is 29.2. The molecule has 8 rings (SSSR count). The van der Waals surface area contributed by atoms with E-state index >= 15 is 0 Å². The zero-order chi connectivity index (χ0) is 34.4. The largest absolute Gasteiger partial charge is 0.508 e. The number of carbonyl (C=O) groups excluding carboxylic acids is 3. The van der Waals surface area contributed by atoms with Gasteiger partial charge in [0.25, 0.3) is 5.91 Å². The molecule has 50 heavy (non-hydrogen) atoms. The van der Waals surface area contributed by atoms with E-state index in [1.165, 1.54) is 48.1 Å². The Bertz CT molecular complexity index is 1760. The molecule has 9 nitrogen and oxygen atoms in total. The van der Waals surface area contributed by atoms with Gasteiger partial charge in [-0.05, 0) is 109 Å². The lowest BCUT2D eigenvalue weighted by atomic mass is 9.71. The van der Waals surface area contributed by atoms with Gasteiger partial charge in [-0.2, -0.15) is 0 Å². The van der Waals surface area contributed by atoms with Crippen LogP contribution in [0.25, 0.3) is 0 Å². The molecule has 3 atom stereocenters. The summed E-state index contributed by atoms with van der Waals surface area (Å²) in [4.78, 5) is 46.4. The fourth-order valence-electron chi connectivity index (χ4n) is 9.34. The standard InChI is InChI=1S/C41H49N5O4/c1-2-28-3-4-30-24-34(47)10-12-35(30)39(28)29-5-7-32(8-6-29)44-17-15-27(16-18-44)25-43-19-21-45(22-20-43)33-9-11-36-31(23-33)26-46(41(36)50)37-13-14-38(48)42-40(37)49/h5-12,23-24,27-28,37,39,47H,2-4,13-22,25-26H2,1H3,(H,42,48,49)/t28-,37+,39+/m1/s1. The lowest BCUT2D eigenvalue weighted by Crippen LogP contribution is -2.52. The second-order valence-electron chi connectivity index (χ2n) is 15.1. The van der Waals surface area contributed by atoms with Gasteiger partial charge < -0.3 is 19.8 Å². The zero-order valence-corrected chi connectivity index (χ0v) is 29.2. The van der Waals surface area contributed by atoms with Crippen molar-refractivity contribution in [2.75, 3.05) is 55.6 Å². The number of aryl methyl sites for hydroxylation is 1. The van der Waals surface area contributed by atoms with Crippen molar-refractivity contribution in [1.82, 2.24) is 15.1 Å². The number of imide groups is 1. The third-order valence-corrected chi connectivity index (χ3v) is 12.2. The Morgan fingerprint density at radius 1 is 0.760 bits per heavy atom. The van der Waals surface area contributed by atoms with E-state index in [2.05, 4.69) is 63.3 Å². The third-order valence-electron chi connectivity index (χ3n) is 12.2. The molecule has 3 saturated heterocycles. The molecule has 0 spiro atoms. The van der Waals surface area contributed by atoms with Gasteiger partial charge in [-0.1, -0.05) is 31.5 Å². The predicted molar refractivity (Wildman–Crippen MR) is 195 cm³/mol. The SMILES string of the molecule is CC[C@@H]1CCc2cc(O)ccc2[C@@H]1c1ccc(N2CCC(CN3CCN(c4ccc5c(c4)CN([C@H]4CCC(=O)NC4=O)C5=O)CC3)CC2)cc1. The number of phenolic OH excluding ortho intramolecular Hbond substituents is 1. The van der Waals surface area contributed by atoms with E-state index in [1.807, 2.05) is 24.3 Å². The molecule has 0 aromatic heterocycles. The summed E-state index contributed by atoms with van der Waals surface area (Å²) in [6.07, 6.45) is 6.46. The smallest absolute Gasteiger partial charge is 0.255 e. The monoisotopic (exact) mass is 675 g/mol. The van der Waals surface area contributed by atoms with E-state index in [0.29, 0.717) is 42.0 Å². The number of anilines is 2. The van der Waals surface area contributed by atoms with Crippen LogP contribution in [0.3, 0.4) is 0 Å². The van der Waals surface area contributed by atoms with Crippen LogP contribution in [-0.4, -0.2) is 84.5 Å². The highest BCUT2D eigenvalue weighted by Gasteiger charge is 2.39. The summed E-state index contributed by atoms with van der Waals surface area (Å²) in [6.45, 7) is 10.0. The molecule has 3 aromatic rings. The summed E-state index contributed by atoms with van der Waals surface area (Å²) in [7, 11) is 0. The Hall–Kier alpha value is -4.37. The second-order valence-corrected chi connectivity index (χ2v) is 15.1. The summed E-state index contributed by atoms with van der Waals surface area (Å²) in [5, 5.41) is 12.4. The molecule has 3 amide bonds. The number of phenols is 1. The van der Waals surface area contributed by atoms with Crippen LogP contribution in [0.2, 0.25) is 0 Å². The van der Waals surface area contributed by atoms with Gasteiger partial charge in [0.1, 0.15) is 11.8 Å². The molecule has 1 aliphatic carbocycles. The molecule has 0 saturated carbocycles. The second kappa shape index (κ2) is 13.7. The van der Waals surface area contributed by atoms with Crippen molar-refractivity contribution in [3.8, 4) is 5.75 Å². The predicted octanol–water partition coefficient (Wildman–Crippen LogP) is 5.30. The highest BCUT2D eigenvalue weighted by Crippen LogP contribution is 2.44. The fraction of sp³-hybridized carbons (Fsp3) is 0.488. The molecule has 0 radical (unpaired) electrons. The Labute approximate surface area is 295 Å². The highest BCUT2D eigenvalue weighted by atomic mass is 16.3. The summed E-state index contributed by atoms with van der Waals surface area (Å²) in [5.41, 5.74) is 8.17. The van der Waals surface area contributed by atoms with Gasteiger partial charge in [0, 0.05) is 81.6 Å². The van der Waals surface area contributed by atoms with Gasteiger partial charge in [0.05, 0.1) is 0 Å². The number of aromatic hydroxyl groups is 1. The van der Waals surface area contributed by atoms with Crippen molar-refractivity contribution >= 4 is 29.1 Å². The number of benzene rings is 3. The Morgan fingerprint density at radius 3 is 2.24 bits per heavy atom. The van der Waals surface area contributed by atoms with E-state index in [4.69, 9.17) is 0 Å². The molecule has 9 heteroatoms. The van der Waals surface area contributed by atoms with Crippen LogP contribution in [0, 0.1) is 11.8 Å². The first-order valence-electron chi connectivity index (χ1n) is 18.8. The summed E-state index contributed by atoms with van der Waals surface area (Å²) in [6, 6.07) is 20.8. The Balaban J connectivity index is 0.820. The van der Waals surface area contributed by atoms with Gasteiger partial charge in [0.15, 0.2) is 0 Å². The minimum Gasteiger partial charge on any atom is -0.508 e. The number of fused-ring (bicyclic) bond motifs is 2. The molecule has 3 aromatic carbocycles. The number of piperidine rings is 2. The maximum atomic E-state index is 13.1. The molecule has 0 bridgehead atoms. The first-order chi connectivity index (χ1) is 24.3. The first-order valence-corrected chi connectivity index (χ1v) is 18.8. The van der Waals surface area contributed by atoms with Gasteiger partial charge >= 0.3 is 0 Å². The van der Waals surface area contributed by atoms with Gasteiger partial charge in [-0.15, -0.1) is 0 Å². The van der Waals surface area contributed by atoms with E-state index < -0.39 is 6.04 Å². The fourth-order valence-corrected chi connectivity index (χ4v) is 9.34. The van der Waals surface area contributed by atoms with E-state index in [1.54, 1.807) is 4.90 Å². The molecule has 3 fully saturated rings. The quantitative estimate of drug-likeness (QED) is 0.329. The third kappa shape index (κ3) is 6.36. The molecular weight excluding hydrogens is 626 g/mol. The van der Waals surface area contributed by atoms with Crippen molar-refractivity contribution in [2.45, 2.75) is 70.4 Å². The van der Waals surface area contributed by atoms with Gasteiger partial charge in [-0.3, -0.25) is 24.6 Å². The minimum atomic E-state index is -0.580. The normalized spacial score (nSPS) is 24.7. The Kier molecular flexibility index (Phi) is 9.02. The molecule has 2 N–H and O–H groups in total. The van der Waals surface area contributed by atoms with Crippen LogP contribution >= 0.6 is 0 Å². The summed E-state index contributed by atoms with van der Waals surface area (Å²) in [5.74, 6) is 1.36. The number of rotatable bonds is 7. The van der Waals surface area contributed by atoms with Crippen molar-refractivity contribution in [2.24, 2.45) is 11.8 Å². The minimum absolute atomic E-state index is 0.118. The number of hydrogen-bond donors (Lipinski definition) is 2. The number of nitrogens with one attached hydrogen (secondary N) is 1.